The first-order valence-corrected chi connectivity index (χ1v) is 18.2. The quantitative estimate of drug-likeness (QED) is 0.161. The van der Waals surface area contributed by atoms with Crippen molar-refractivity contribution in [3.63, 3.8) is 0 Å². The standard InChI is InChI=1S/C16H28O5.C13H9NO3.2C4H10.C2H6/c1-9-5-6-12-10(2)14(18-4)19-15-13(12)11(9)7-8-16(3,20-15)21-17;1-16-9-3-5-11-13(7-9)17-12-6-8(15)2-4-10(12)14-11;2*1-3-4-2;1-2/h9-15,17H,5-8H2,1-4H3;2-7H,1H3;2*3-4H2,1-2H3;1-2H3/t9-,10-,11+,12+,13?,14-,15-,16?;;;;/m1..../s1. The van der Waals surface area contributed by atoms with E-state index in [4.69, 9.17) is 23.4 Å². The first-order valence-electron chi connectivity index (χ1n) is 18.2. The van der Waals surface area contributed by atoms with E-state index in [9.17, 15) is 10.1 Å². The van der Waals surface area contributed by atoms with Crippen LogP contribution in [0.1, 0.15) is 114 Å². The number of fused-ring (bicyclic) bond motifs is 2. The number of methoxy groups -OCH3 is 2. The second kappa shape index (κ2) is 20.8. The minimum Gasteiger partial charge on any atom is -0.497 e. The lowest BCUT2D eigenvalue weighted by molar-refractivity contribution is -0.443. The fourth-order valence-electron chi connectivity index (χ4n) is 6.49. The molecule has 1 aromatic rings. The molecule has 3 aliphatic heterocycles. The molecule has 6 rings (SSSR count). The highest BCUT2D eigenvalue weighted by atomic mass is 17.1. The predicted octanol–water partition coefficient (Wildman–Crippen LogP) is 10.2. The van der Waals surface area contributed by atoms with Crippen LogP contribution in [0.5, 0.6) is 5.75 Å². The first kappa shape index (κ1) is 41.6. The van der Waals surface area contributed by atoms with Gasteiger partial charge in [0.15, 0.2) is 29.4 Å². The summed E-state index contributed by atoms with van der Waals surface area (Å²) in [5.41, 5.74) is 1.91. The number of rotatable bonds is 5. The van der Waals surface area contributed by atoms with Crippen molar-refractivity contribution in [2.24, 2.45) is 29.6 Å². The maximum Gasteiger partial charge on any atom is 0.201 e. The second-order valence-corrected chi connectivity index (χ2v) is 13.0. The van der Waals surface area contributed by atoms with Crippen LogP contribution in [0.25, 0.3) is 22.6 Å². The molecule has 2 unspecified atom stereocenters. The molecular weight excluding hydrogens is 610 g/mol. The Morgan fingerprint density at radius 1 is 0.917 bits per heavy atom. The van der Waals surface area contributed by atoms with E-state index >= 15 is 0 Å². The Labute approximate surface area is 288 Å². The lowest BCUT2D eigenvalue weighted by Gasteiger charge is -2.51. The Morgan fingerprint density at radius 3 is 2.17 bits per heavy atom. The molecule has 0 amide bonds. The summed E-state index contributed by atoms with van der Waals surface area (Å²) in [6.45, 7) is 19.1. The fourth-order valence-corrected chi connectivity index (χ4v) is 6.49. The van der Waals surface area contributed by atoms with Crippen LogP contribution in [0.2, 0.25) is 0 Å². The van der Waals surface area contributed by atoms with Crippen LogP contribution in [0, 0.1) is 29.6 Å². The molecule has 272 valence electrons. The smallest absolute Gasteiger partial charge is 0.201 e. The molecule has 2 aliphatic carbocycles. The summed E-state index contributed by atoms with van der Waals surface area (Å²) in [6, 6.07) is 9.95. The van der Waals surface area contributed by atoms with Crippen molar-refractivity contribution in [2.45, 2.75) is 132 Å². The third kappa shape index (κ3) is 11.0. The van der Waals surface area contributed by atoms with Crippen molar-refractivity contribution in [1.82, 2.24) is 4.98 Å². The minimum absolute atomic E-state index is 0.0923. The van der Waals surface area contributed by atoms with Gasteiger partial charge in [-0.25, -0.2) is 15.1 Å². The number of unbranched alkanes of at least 4 members (excludes halogenated alkanes) is 2. The molecular formula is C39H63NO8. The van der Waals surface area contributed by atoms with E-state index in [1.165, 1.54) is 50.7 Å². The number of nitrogens with zero attached hydrogens (tertiary/aromatic N) is 1. The monoisotopic (exact) mass is 673 g/mol. The van der Waals surface area contributed by atoms with Gasteiger partial charge in [0.2, 0.25) is 5.79 Å². The molecule has 0 radical (unpaired) electrons. The Bertz CT molecular complexity index is 1340. The van der Waals surface area contributed by atoms with Crippen molar-refractivity contribution >= 4 is 11.1 Å². The van der Waals surface area contributed by atoms with Crippen molar-refractivity contribution in [3.8, 4) is 17.2 Å². The molecule has 1 N–H and O–H groups in total. The van der Waals surface area contributed by atoms with Crippen molar-refractivity contribution in [1.29, 1.82) is 0 Å². The number of ether oxygens (including phenoxy) is 4. The molecule has 9 nitrogen and oxygen atoms in total. The SMILES string of the molecule is CC.CCCC.CCCC.CO[C@@H]1O[C@@H]2OC(C)(OO)CC[C@@H]3C2[C@@H](CC[C@H]3C)[C@H]1C.COc1ccc2nc3ccc(=O)cc-3oc2c1. The van der Waals surface area contributed by atoms with Crippen LogP contribution in [0.4, 0.5) is 0 Å². The van der Waals surface area contributed by atoms with Gasteiger partial charge in [0.1, 0.15) is 17.0 Å². The molecule has 5 aliphatic rings. The summed E-state index contributed by atoms with van der Waals surface area (Å²) in [5, 5.41) is 9.24. The van der Waals surface area contributed by atoms with Gasteiger partial charge in [0, 0.05) is 37.5 Å². The zero-order valence-electron chi connectivity index (χ0n) is 31.4. The van der Waals surface area contributed by atoms with Crippen molar-refractivity contribution in [3.05, 3.63) is 46.6 Å². The molecule has 1 aromatic carbocycles. The topological polar surface area (TPSA) is 109 Å². The van der Waals surface area contributed by atoms with Crippen LogP contribution >= 0.6 is 0 Å². The summed E-state index contributed by atoms with van der Waals surface area (Å²) in [7, 11) is 3.27. The van der Waals surface area contributed by atoms with Gasteiger partial charge >= 0.3 is 0 Å². The van der Waals surface area contributed by atoms with Gasteiger partial charge < -0.3 is 23.4 Å². The zero-order chi connectivity index (χ0) is 35.9. The van der Waals surface area contributed by atoms with E-state index in [0.717, 1.165) is 11.9 Å². The normalized spacial score (nSPS) is 28.8. The highest BCUT2D eigenvalue weighted by molar-refractivity contribution is 5.77. The second-order valence-electron chi connectivity index (χ2n) is 13.0. The van der Waals surface area contributed by atoms with Gasteiger partial charge in [0.05, 0.1) is 7.11 Å². The summed E-state index contributed by atoms with van der Waals surface area (Å²) in [6.07, 6.45) is 8.81. The molecule has 8 atom stereocenters. The highest BCUT2D eigenvalue weighted by Crippen LogP contribution is 2.53. The number of hydrogen-bond acceptors (Lipinski definition) is 9. The first-order chi connectivity index (χ1) is 23.1. The number of hydrogen-bond donors (Lipinski definition) is 1. The van der Waals surface area contributed by atoms with Crippen molar-refractivity contribution in [2.75, 3.05) is 14.2 Å². The van der Waals surface area contributed by atoms with Gasteiger partial charge in [-0.3, -0.25) is 4.79 Å². The Balaban J connectivity index is 0.000000265. The van der Waals surface area contributed by atoms with Gasteiger partial charge in [-0.1, -0.05) is 87.5 Å². The third-order valence-corrected chi connectivity index (χ3v) is 9.64. The van der Waals surface area contributed by atoms with E-state index in [1.54, 1.807) is 33.3 Å². The summed E-state index contributed by atoms with van der Waals surface area (Å²) in [4.78, 5) is 20.3. The minimum atomic E-state index is -0.981. The van der Waals surface area contributed by atoms with Gasteiger partial charge in [-0.15, -0.1) is 0 Å². The number of benzene rings is 2. The molecule has 1 saturated carbocycles. The highest BCUT2D eigenvalue weighted by Gasteiger charge is 2.54. The van der Waals surface area contributed by atoms with Crippen molar-refractivity contribution < 1.29 is 33.5 Å². The molecule has 0 bridgehead atoms. The molecule has 9 heteroatoms. The lowest BCUT2D eigenvalue weighted by atomic mass is 9.61. The molecule has 3 heterocycles. The summed E-state index contributed by atoms with van der Waals surface area (Å²) >= 11 is 0. The van der Waals surface area contributed by atoms with Crippen LogP contribution in [0.15, 0.2) is 45.6 Å². The maximum atomic E-state index is 11.2. The van der Waals surface area contributed by atoms with Crippen LogP contribution in [-0.4, -0.2) is 42.8 Å². The van der Waals surface area contributed by atoms with Gasteiger partial charge in [-0.05, 0) is 61.8 Å². The Hall–Kier alpha value is -2.56. The Kier molecular flexibility index (Phi) is 18.1. The zero-order valence-corrected chi connectivity index (χ0v) is 31.4. The van der Waals surface area contributed by atoms with Gasteiger partial charge in [0.25, 0.3) is 0 Å². The lowest BCUT2D eigenvalue weighted by Crippen LogP contribution is -2.54. The molecule has 48 heavy (non-hydrogen) atoms. The van der Waals surface area contributed by atoms with E-state index < -0.39 is 5.79 Å². The largest absolute Gasteiger partial charge is 0.497 e. The molecule has 0 aromatic heterocycles. The average molecular weight is 674 g/mol. The average Bonchev–Trinajstić information content (AvgIpc) is 3.27. The summed E-state index contributed by atoms with van der Waals surface area (Å²) in [5.74, 6) is 2.71. The van der Waals surface area contributed by atoms with Crippen LogP contribution in [-0.2, 0) is 19.1 Å². The van der Waals surface area contributed by atoms with E-state index in [0.29, 0.717) is 58.8 Å². The maximum absolute atomic E-state index is 11.2. The van der Waals surface area contributed by atoms with E-state index in [2.05, 4.69) is 51.4 Å². The Morgan fingerprint density at radius 2 is 1.58 bits per heavy atom. The molecule has 0 spiro atoms. The van der Waals surface area contributed by atoms with E-state index in [-0.39, 0.29) is 18.0 Å². The van der Waals surface area contributed by atoms with E-state index in [1.807, 2.05) is 26.0 Å². The molecule has 2 saturated heterocycles. The van der Waals surface area contributed by atoms with Crippen LogP contribution < -0.4 is 10.2 Å². The fraction of sp³-hybridized carbons (Fsp3) is 0.692. The van der Waals surface area contributed by atoms with Crippen LogP contribution in [0.3, 0.4) is 0 Å². The van der Waals surface area contributed by atoms with Gasteiger partial charge in [-0.2, -0.15) is 0 Å². The number of aromatic nitrogens is 1. The third-order valence-electron chi connectivity index (χ3n) is 9.64. The predicted molar refractivity (Wildman–Crippen MR) is 192 cm³/mol. The molecule has 3 fully saturated rings. The summed E-state index contributed by atoms with van der Waals surface area (Å²) < 4.78 is 28.4.